The SMILES string of the molecule is c1ccc(-n2c3ccccc3c3cc(-c4ccc(-n5c6ccccc6c6ccc7c8ccccc8oc7c65)cc4)ccc32)cc1. The van der Waals surface area contributed by atoms with Crippen LogP contribution < -0.4 is 0 Å². The molecule has 10 rings (SSSR count). The van der Waals surface area contributed by atoms with E-state index in [0.717, 1.165) is 33.1 Å². The van der Waals surface area contributed by atoms with Crippen molar-refractivity contribution in [3.63, 3.8) is 0 Å². The lowest BCUT2D eigenvalue weighted by molar-refractivity contribution is 0.671. The van der Waals surface area contributed by atoms with Crippen LogP contribution in [0.3, 0.4) is 0 Å². The molecule has 3 heteroatoms. The lowest BCUT2D eigenvalue weighted by Crippen LogP contribution is -1.94. The first-order valence-electron chi connectivity index (χ1n) is 15.4. The van der Waals surface area contributed by atoms with Gasteiger partial charge in [-0.1, -0.05) is 97.1 Å². The number of hydrogen-bond acceptors (Lipinski definition) is 1. The molecule has 0 N–H and O–H groups in total. The van der Waals surface area contributed by atoms with Crippen molar-refractivity contribution in [1.82, 2.24) is 9.13 Å². The number of benzene rings is 7. The molecule has 0 saturated heterocycles. The monoisotopic (exact) mass is 574 g/mol. The van der Waals surface area contributed by atoms with E-state index in [1.165, 1.54) is 54.9 Å². The van der Waals surface area contributed by atoms with Crippen molar-refractivity contribution < 1.29 is 4.42 Å². The van der Waals surface area contributed by atoms with E-state index in [4.69, 9.17) is 4.42 Å². The Hall–Kier alpha value is -6.06. The number of nitrogens with zero attached hydrogens (tertiary/aromatic N) is 2. The summed E-state index contributed by atoms with van der Waals surface area (Å²) in [5.74, 6) is 0. The molecule has 0 fully saturated rings. The van der Waals surface area contributed by atoms with E-state index in [-0.39, 0.29) is 0 Å². The van der Waals surface area contributed by atoms with Crippen molar-refractivity contribution in [2.75, 3.05) is 0 Å². The molecule has 0 aliphatic carbocycles. The minimum atomic E-state index is 0.913. The highest BCUT2D eigenvalue weighted by Gasteiger charge is 2.19. The highest BCUT2D eigenvalue weighted by molar-refractivity contribution is 6.21. The maximum absolute atomic E-state index is 6.54. The Kier molecular flexibility index (Phi) is 5.00. The first kappa shape index (κ1) is 24.4. The van der Waals surface area contributed by atoms with Crippen LogP contribution in [-0.4, -0.2) is 9.13 Å². The fourth-order valence-corrected chi connectivity index (χ4v) is 7.31. The van der Waals surface area contributed by atoms with Crippen molar-refractivity contribution >= 4 is 65.6 Å². The molecule has 10 aromatic rings. The predicted molar refractivity (Wildman–Crippen MR) is 188 cm³/mol. The van der Waals surface area contributed by atoms with E-state index in [1.807, 2.05) is 6.07 Å². The minimum absolute atomic E-state index is 0.913. The summed E-state index contributed by atoms with van der Waals surface area (Å²) in [5.41, 5.74) is 11.2. The number of aromatic nitrogens is 2. The molecule has 0 unspecified atom stereocenters. The Morgan fingerprint density at radius 3 is 1.73 bits per heavy atom. The Balaban J connectivity index is 1.16. The fraction of sp³-hybridized carbons (Fsp3) is 0. The van der Waals surface area contributed by atoms with Gasteiger partial charge in [-0.25, -0.2) is 0 Å². The first-order chi connectivity index (χ1) is 22.3. The lowest BCUT2D eigenvalue weighted by Gasteiger charge is -2.10. The van der Waals surface area contributed by atoms with E-state index in [9.17, 15) is 0 Å². The van der Waals surface area contributed by atoms with Gasteiger partial charge < -0.3 is 13.6 Å². The first-order valence-corrected chi connectivity index (χ1v) is 15.4. The molecule has 0 atom stereocenters. The molecule has 0 aliphatic heterocycles. The van der Waals surface area contributed by atoms with Crippen molar-refractivity contribution in [3.8, 4) is 22.5 Å². The highest BCUT2D eigenvalue weighted by atomic mass is 16.3. The maximum Gasteiger partial charge on any atom is 0.160 e. The Bertz CT molecular complexity index is 2740. The van der Waals surface area contributed by atoms with Gasteiger partial charge in [0, 0.05) is 43.7 Å². The van der Waals surface area contributed by atoms with E-state index in [2.05, 4.69) is 161 Å². The zero-order valence-corrected chi connectivity index (χ0v) is 24.3. The van der Waals surface area contributed by atoms with Crippen molar-refractivity contribution in [1.29, 1.82) is 0 Å². The molecule has 0 radical (unpaired) electrons. The van der Waals surface area contributed by atoms with Gasteiger partial charge in [0.15, 0.2) is 5.58 Å². The van der Waals surface area contributed by atoms with Crippen molar-refractivity contribution in [3.05, 3.63) is 158 Å². The van der Waals surface area contributed by atoms with Crippen LogP contribution in [0.2, 0.25) is 0 Å². The smallest absolute Gasteiger partial charge is 0.160 e. The van der Waals surface area contributed by atoms with Crippen LogP contribution in [0.25, 0.3) is 88.1 Å². The molecule has 210 valence electrons. The second kappa shape index (κ2) is 9.22. The summed E-state index contributed by atoms with van der Waals surface area (Å²) in [7, 11) is 0. The Morgan fingerprint density at radius 1 is 0.356 bits per heavy atom. The second-order valence-corrected chi connectivity index (χ2v) is 11.8. The quantitative estimate of drug-likeness (QED) is 0.206. The summed E-state index contributed by atoms with van der Waals surface area (Å²) in [4.78, 5) is 0. The normalized spacial score (nSPS) is 12.0. The summed E-state index contributed by atoms with van der Waals surface area (Å²) in [6.07, 6.45) is 0. The van der Waals surface area contributed by atoms with Crippen LogP contribution >= 0.6 is 0 Å². The molecule has 3 nitrogen and oxygen atoms in total. The van der Waals surface area contributed by atoms with Crippen LogP contribution in [0.5, 0.6) is 0 Å². The Morgan fingerprint density at radius 2 is 0.933 bits per heavy atom. The van der Waals surface area contributed by atoms with Crippen LogP contribution in [0, 0.1) is 0 Å². The molecular formula is C42H26N2O. The molecule has 0 amide bonds. The third-order valence-electron chi connectivity index (χ3n) is 9.33. The van der Waals surface area contributed by atoms with Crippen LogP contribution in [-0.2, 0) is 0 Å². The molecular weight excluding hydrogens is 548 g/mol. The number of furan rings is 1. The molecule has 0 bridgehead atoms. The van der Waals surface area contributed by atoms with Gasteiger partial charge in [-0.15, -0.1) is 0 Å². The van der Waals surface area contributed by atoms with Gasteiger partial charge in [0.25, 0.3) is 0 Å². The van der Waals surface area contributed by atoms with Gasteiger partial charge >= 0.3 is 0 Å². The molecule has 0 spiro atoms. The number of para-hydroxylation sites is 4. The third-order valence-corrected chi connectivity index (χ3v) is 9.33. The molecule has 3 aromatic heterocycles. The van der Waals surface area contributed by atoms with Gasteiger partial charge in [-0.05, 0) is 71.8 Å². The van der Waals surface area contributed by atoms with Gasteiger partial charge in [0.2, 0.25) is 0 Å². The van der Waals surface area contributed by atoms with Crippen molar-refractivity contribution in [2.45, 2.75) is 0 Å². The third kappa shape index (κ3) is 3.46. The largest absolute Gasteiger partial charge is 0.454 e. The van der Waals surface area contributed by atoms with Gasteiger partial charge in [0.1, 0.15) is 5.58 Å². The summed E-state index contributed by atoms with van der Waals surface area (Å²) in [6, 6.07) is 56.5. The number of rotatable bonds is 3. The summed E-state index contributed by atoms with van der Waals surface area (Å²) in [6.45, 7) is 0. The standard InChI is InChI=1S/C42H26N2O/c1-2-10-29(11-3-1)43-37-15-7-5-13-32(37)36-26-28(20-25-39(36)43)27-18-21-30(22-19-27)44-38-16-8-4-12-31(38)34-23-24-35-33-14-6-9-17-40(33)45-42(35)41(34)44/h1-26H. The van der Waals surface area contributed by atoms with Crippen LogP contribution in [0.1, 0.15) is 0 Å². The molecule has 0 saturated carbocycles. The molecule has 0 aliphatic rings. The summed E-state index contributed by atoms with van der Waals surface area (Å²) < 4.78 is 11.3. The van der Waals surface area contributed by atoms with E-state index in [1.54, 1.807) is 0 Å². The minimum Gasteiger partial charge on any atom is -0.454 e. The number of hydrogen-bond donors (Lipinski definition) is 0. The second-order valence-electron chi connectivity index (χ2n) is 11.8. The average molecular weight is 575 g/mol. The van der Waals surface area contributed by atoms with Gasteiger partial charge in [0.05, 0.1) is 22.1 Å². The maximum atomic E-state index is 6.54. The van der Waals surface area contributed by atoms with E-state index in [0.29, 0.717) is 0 Å². The van der Waals surface area contributed by atoms with Crippen LogP contribution in [0.4, 0.5) is 0 Å². The molecule has 3 heterocycles. The van der Waals surface area contributed by atoms with Gasteiger partial charge in [-0.2, -0.15) is 0 Å². The highest BCUT2D eigenvalue weighted by Crippen LogP contribution is 2.41. The molecule has 45 heavy (non-hydrogen) atoms. The average Bonchev–Trinajstić information content (AvgIpc) is 3.76. The van der Waals surface area contributed by atoms with Crippen LogP contribution in [0.15, 0.2) is 162 Å². The zero-order chi connectivity index (χ0) is 29.5. The topological polar surface area (TPSA) is 23.0 Å². The number of fused-ring (bicyclic) bond motifs is 10. The zero-order valence-electron chi connectivity index (χ0n) is 24.3. The summed E-state index contributed by atoms with van der Waals surface area (Å²) >= 11 is 0. The van der Waals surface area contributed by atoms with E-state index >= 15 is 0 Å². The van der Waals surface area contributed by atoms with Crippen molar-refractivity contribution in [2.24, 2.45) is 0 Å². The lowest BCUT2D eigenvalue weighted by atomic mass is 10.0. The predicted octanol–water partition coefficient (Wildman–Crippen LogP) is 11.4. The van der Waals surface area contributed by atoms with Gasteiger partial charge in [-0.3, -0.25) is 0 Å². The fourth-order valence-electron chi connectivity index (χ4n) is 7.31. The molecule has 7 aromatic carbocycles. The van der Waals surface area contributed by atoms with E-state index < -0.39 is 0 Å². The Labute approximate surface area is 258 Å². The summed E-state index contributed by atoms with van der Waals surface area (Å²) in [5, 5.41) is 7.22.